The molecule has 0 saturated heterocycles. The van der Waals surface area contributed by atoms with Gasteiger partial charge in [0.05, 0.1) is 17.9 Å². The lowest BCUT2D eigenvalue weighted by Crippen LogP contribution is -2.14. The minimum Gasteiger partial charge on any atom is -0.326 e. The summed E-state index contributed by atoms with van der Waals surface area (Å²) >= 11 is 2.88. The van der Waals surface area contributed by atoms with Crippen molar-refractivity contribution in [3.05, 3.63) is 95.4 Å². The molecule has 1 heterocycles. The number of thiazole rings is 1. The van der Waals surface area contributed by atoms with Crippen LogP contribution < -0.4 is 10.6 Å². The van der Waals surface area contributed by atoms with Gasteiger partial charge in [0.25, 0.3) is 0 Å². The van der Waals surface area contributed by atoms with Crippen LogP contribution in [0.15, 0.2) is 89.8 Å². The molecule has 166 valence electrons. The van der Waals surface area contributed by atoms with Crippen molar-refractivity contribution in [3.63, 3.8) is 0 Å². The highest BCUT2D eigenvalue weighted by Crippen LogP contribution is 2.30. The van der Waals surface area contributed by atoms with Gasteiger partial charge in [-0.15, -0.1) is 23.1 Å². The molecule has 0 aliphatic rings. The van der Waals surface area contributed by atoms with E-state index in [-0.39, 0.29) is 17.6 Å². The molecule has 0 atom stereocenters. The van der Waals surface area contributed by atoms with Gasteiger partial charge in [0.1, 0.15) is 0 Å². The predicted octanol–water partition coefficient (Wildman–Crippen LogP) is 6.03. The number of aromatic nitrogens is 1. The lowest BCUT2D eigenvalue weighted by atomic mass is 10.1. The average Bonchev–Trinajstić information content (AvgIpc) is 3.19. The van der Waals surface area contributed by atoms with Crippen LogP contribution in [0.25, 0.3) is 11.3 Å². The largest absolute Gasteiger partial charge is 0.326 e. The van der Waals surface area contributed by atoms with Crippen molar-refractivity contribution in [1.82, 2.24) is 4.98 Å². The Hall–Kier alpha value is -3.42. The number of thioether (sulfide) groups is 1. The summed E-state index contributed by atoms with van der Waals surface area (Å²) in [5, 5.41) is 6.41. The fourth-order valence-corrected chi connectivity index (χ4v) is 4.88. The summed E-state index contributed by atoms with van der Waals surface area (Å²) in [5.74, 6) is 0.0575. The second kappa shape index (κ2) is 10.9. The van der Waals surface area contributed by atoms with Crippen LogP contribution in [0.5, 0.6) is 0 Å². The fourth-order valence-electron chi connectivity index (χ4n) is 3.27. The summed E-state index contributed by atoms with van der Waals surface area (Å²) in [6.45, 7) is 2.00. The number of nitrogens with one attached hydrogen (secondary N) is 2. The van der Waals surface area contributed by atoms with E-state index in [1.54, 1.807) is 0 Å². The van der Waals surface area contributed by atoms with Gasteiger partial charge in [0.2, 0.25) is 11.8 Å². The number of amides is 2. The van der Waals surface area contributed by atoms with Gasteiger partial charge in [0, 0.05) is 21.0 Å². The average molecular weight is 474 g/mol. The first-order valence-electron chi connectivity index (χ1n) is 10.5. The Morgan fingerprint density at radius 3 is 2.36 bits per heavy atom. The smallest absolute Gasteiger partial charge is 0.236 e. The van der Waals surface area contributed by atoms with Gasteiger partial charge in [-0.1, -0.05) is 66.7 Å². The van der Waals surface area contributed by atoms with Crippen LogP contribution >= 0.6 is 23.1 Å². The monoisotopic (exact) mass is 473 g/mol. The highest BCUT2D eigenvalue weighted by Gasteiger charge is 2.12. The minimum atomic E-state index is -0.119. The third-order valence-corrected chi connectivity index (χ3v) is 6.67. The molecule has 0 fully saturated rings. The molecule has 0 aliphatic carbocycles. The van der Waals surface area contributed by atoms with E-state index in [0.717, 1.165) is 26.6 Å². The van der Waals surface area contributed by atoms with Crippen LogP contribution in [0.1, 0.15) is 10.4 Å². The van der Waals surface area contributed by atoms with Crippen LogP contribution in [-0.2, 0) is 16.0 Å². The standard InChI is InChI=1S/C26H23N3O2S2/c1-18-25(20-11-6-3-7-12-20)29-26(33-18)28-24(31)17-32-22-14-8-13-21(16-22)27-23(30)15-19-9-4-2-5-10-19/h2-14,16H,15,17H2,1H3,(H,27,30)(H,28,29,31). The second-order valence-electron chi connectivity index (χ2n) is 7.37. The van der Waals surface area contributed by atoms with Crippen LogP contribution in [0, 0.1) is 6.92 Å². The highest BCUT2D eigenvalue weighted by molar-refractivity contribution is 8.00. The van der Waals surface area contributed by atoms with Gasteiger partial charge < -0.3 is 10.6 Å². The lowest BCUT2D eigenvalue weighted by molar-refractivity contribution is -0.115. The first-order valence-corrected chi connectivity index (χ1v) is 12.3. The van der Waals surface area contributed by atoms with Crippen LogP contribution in [-0.4, -0.2) is 22.6 Å². The van der Waals surface area contributed by atoms with Gasteiger partial charge in [-0.3, -0.25) is 9.59 Å². The molecule has 2 amide bonds. The second-order valence-corrected chi connectivity index (χ2v) is 9.62. The SMILES string of the molecule is Cc1sc(NC(=O)CSc2cccc(NC(=O)Cc3ccccc3)c2)nc1-c1ccccc1. The van der Waals surface area contributed by atoms with Gasteiger partial charge in [-0.05, 0) is 30.7 Å². The van der Waals surface area contributed by atoms with Gasteiger partial charge >= 0.3 is 0 Å². The van der Waals surface area contributed by atoms with Crippen LogP contribution in [0.3, 0.4) is 0 Å². The molecule has 0 bridgehead atoms. The molecule has 0 unspecified atom stereocenters. The van der Waals surface area contributed by atoms with Crippen LogP contribution in [0.4, 0.5) is 10.8 Å². The zero-order valence-electron chi connectivity index (χ0n) is 18.1. The number of hydrogen-bond acceptors (Lipinski definition) is 5. The third kappa shape index (κ3) is 6.54. The molecule has 0 radical (unpaired) electrons. The molecule has 5 nitrogen and oxygen atoms in total. The Labute approximate surface area is 201 Å². The number of benzene rings is 3. The number of anilines is 2. The topological polar surface area (TPSA) is 71.1 Å². The summed E-state index contributed by atoms with van der Waals surface area (Å²) in [5.41, 5.74) is 3.60. The zero-order valence-corrected chi connectivity index (χ0v) is 19.7. The van der Waals surface area contributed by atoms with E-state index in [2.05, 4.69) is 15.6 Å². The van der Waals surface area contributed by atoms with Crippen molar-refractivity contribution in [2.45, 2.75) is 18.2 Å². The van der Waals surface area contributed by atoms with Crippen molar-refractivity contribution in [1.29, 1.82) is 0 Å². The molecule has 1 aromatic heterocycles. The Kier molecular flexibility index (Phi) is 7.55. The Morgan fingerprint density at radius 1 is 0.879 bits per heavy atom. The Bertz CT molecular complexity index is 1240. The summed E-state index contributed by atoms with van der Waals surface area (Å²) in [7, 11) is 0. The van der Waals surface area contributed by atoms with E-state index in [4.69, 9.17) is 0 Å². The first kappa shape index (κ1) is 22.8. The number of hydrogen-bond donors (Lipinski definition) is 2. The maximum Gasteiger partial charge on any atom is 0.236 e. The first-order chi connectivity index (χ1) is 16.1. The van der Waals surface area contributed by atoms with Crippen molar-refractivity contribution < 1.29 is 9.59 Å². The van der Waals surface area contributed by atoms with E-state index in [1.807, 2.05) is 91.9 Å². The number of aryl methyl sites for hydroxylation is 1. The molecule has 0 spiro atoms. The molecule has 33 heavy (non-hydrogen) atoms. The van der Waals surface area contributed by atoms with E-state index < -0.39 is 0 Å². The van der Waals surface area contributed by atoms with E-state index >= 15 is 0 Å². The number of nitrogens with zero attached hydrogens (tertiary/aromatic N) is 1. The summed E-state index contributed by atoms with van der Waals surface area (Å²) in [6.07, 6.45) is 0.318. The Morgan fingerprint density at radius 2 is 1.61 bits per heavy atom. The zero-order chi connectivity index (χ0) is 23.0. The normalized spacial score (nSPS) is 10.6. The minimum absolute atomic E-state index is 0.0746. The summed E-state index contributed by atoms with van der Waals surface area (Å²) in [6, 6.07) is 27.1. The quantitative estimate of drug-likeness (QED) is 0.307. The highest BCUT2D eigenvalue weighted by atomic mass is 32.2. The molecular formula is C26H23N3O2S2. The Balaban J connectivity index is 1.30. The van der Waals surface area contributed by atoms with E-state index in [1.165, 1.54) is 23.1 Å². The lowest BCUT2D eigenvalue weighted by Gasteiger charge is -2.08. The van der Waals surface area contributed by atoms with Crippen molar-refractivity contribution >= 4 is 45.7 Å². The van der Waals surface area contributed by atoms with Gasteiger partial charge in [0.15, 0.2) is 5.13 Å². The van der Waals surface area contributed by atoms with Crippen molar-refractivity contribution in [3.8, 4) is 11.3 Å². The maximum absolute atomic E-state index is 12.5. The molecule has 3 aromatic carbocycles. The van der Waals surface area contributed by atoms with Crippen LogP contribution in [0.2, 0.25) is 0 Å². The molecule has 2 N–H and O–H groups in total. The summed E-state index contributed by atoms with van der Waals surface area (Å²) < 4.78 is 0. The third-order valence-electron chi connectivity index (χ3n) is 4.79. The molecule has 7 heteroatoms. The molecular weight excluding hydrogens is 450 g/mol. The van der Waals surface area contributed by atoms with E-state index in [9.17, 15) is 9.59 Å². The predicted molar refractivity (Wildman–Crippen MR) is 137 cm³/mol. The van der Waals surface area contributed by atoms with Gasteiger partial charge in [-0.25, -0.2) is 4.98 Å². The summed E-state index contributed by atoms with van der Waals surface area (Å²) in [4.78, 5) is 31.3. The number of rotatable bonds is 8. The van der Waals surface area contributed by atoms with Crippen molar-refractivity contribution in [2.75, 3.05) is 16.4 Å². The molecule has 0 aliphatic heterocycles. The maximum atomic E-state index is 12.5. The molecule has 4 rings (SSSR count). The molecule has 4 aromatic rings. The van der Waals surface area contributed by atoms with Crippen molar-refractivity contribution in [2.24, 2.45) is 0 Å². The number of carbonyl (C=O) groups is 2. The van der Waals surface area contributed by atoms with Gasteiger partial charge in [-0.2, -0.15) is 0 Å². The fraction of sp³-hybridized carbons (Fsp3) is 0.115. The van der Waals surface area contributed by atoms with E-state index in [0.29, 0.717) is 17.2 Å². The molecule has 0 saturated carbocycles. The number of carbonyl (C=O) groups excluding carboxylic acids is 2.